The molecule has 0 fully saturated rings. The van der Waals surface area contributed by atoms with E-state index in [0.29, 0.717) is 17.4 Å². The molecule has 0 spiro atoms. The van der Waals surface area contributed by atoms with Gasteiger partial charge in [0, 0.05) is 12.8 Å². The van der Waals surface area contributed by atoms with Crippen molar-refractivity contribution in [3.63, 3.8) is 0 Å². The van der Waals surface area contributed by atoms with Gasteiger partial charge in [0.15, 0.2) is 6.10 Å². The fourth-order valence-corrected chi connectivity index (χ4v) is 10.8. The first-order chi connectivity index (χ1) is 40.0. The number of likely N-dealkylation sites (N-methyl/N-ethyl adjacent to an activating group) is 1. The fourth-order valence-electron chi connectivity index (χ4n) is 10.1. The predicted octanol–water partition coefficient (Wildman–Crippen LogP) is 22.0. The van der Waals surface area contributed by atoms with E-state index in [4.69, 9.17) is 18.5 Å². The summed E-state index contributed by atoms with van der Waals surface area (Å²) in [5.74, 6) is -0.829. The maximum atomic E-state index is 12.8. The molecule has 0 aromatic rings. The van der Waals surface area contributed by atoms with E-state index in [2.05, 4.69) is 74.6 Å². The molecule has 0 bridgehead atoms. The number of carbonyl (C=O) groups excluding carboxylic acids is 2. The highest BCUT2D eigenvalue weighted by atomic mass is 31.2. The Morgan fingerprint density at radius 2 is 0.659 bits per heavy atom. The third-order valence-corrected chi connectivity index (χ3v) is 16.5. The molecule has 0 rings (SSSR count). The minimum absolute atomic E-state index is 0.0314. The number of carbonyl (C=O) groups is 2. The van der Waals surface area contributed by atoms with Gasteiger partial charge in [-0.05, 0) is 83.5 Å². The number of unbranched alkanes of at least 4 members (excludes halogenated alkanes) is 41. The van der Waals surface area contributed by atoms with Crippen molar-refractivity contribution in [3.05, 3.63) is 60.8 Å². The zero-order valence-corrected chi connectivity index (χ0v) is 55.6. The molecule has 0 aliphatic carbocycles. The second-order valence-corrected chi connectivity index (χ2v) is 26.3. The lowest BCUT2D eigenvalue weighted by Crippen LogP contribution is -2.37. The summed E-state index contributed by atoms with van der Waals surface area (Å²) in [4.78, 5) is 38.0. The molecule has 0 aliphatic rings. The molecule has 10 heteroatoms. The van der Waals surface area contributed by atoms with Gasteiger partial charge >= 0.3 is 11.9 Å². The van der Waals surface area contributed by atoms with E-state index in [-0.39, 0.29) is 32.0 Å². The minimum atomic E-state index is -4.64. The number of rotatable bonds is 65. The van der Waals surface area contributed by atoms with Crippen LogP contribution in [0.5, 0.6) is 0 Å². The second-order valence-electron chi connectivity index (χ2n) is 24.9. The van der Waals surface area contributed by atoms with Crippen LogP contribution >= 0.6 is 7.82 Å². The molecule has 0 heterocycles. The zero-order valence-electron chi connectivity index (χ0n) is 54.7. The van der Waals surface area contributed by atoms with Crippen molar-refractivity contribution >= 4 is 19.8 Å². The Kier molecular flexibility index (Phi) is 61.5. The van der Waals surface area contributed by atoms with Crippen LogP contribution in [0, 0.1) is 0 Å². The monoisotopic (exact) mass is 1170 g/mol. The molecule has 2 unspecified atom stereocenters. The lowest BCUT2D eigenvalue weighted by Gasteiger charge is -2.28. The molecule has 0 amide bonds. The summed E-state index contributed by atoms with van der Waals surface area (Å²) in [6, 6.07) is 0. The Labute approximate surface area is 508 Å². The van der Waals surface area contributed by atoms with E-state index in [1.54, 1.807) is 0 Å². The fraction of sp³-hybridized carbons (Fsp3) is 0.833. The van der Waals surface area contributed by atoms with Crippen LogP contribution in [-0.4, -0.2) is 70.0 Å². The number of phosphoric acid groups is 1. The number of hydrogen-bond acceptors (Lipinski definition) is 8. The van der Waals surface area contributed by atoms with Crippen LogP contribution in [0.1, 0.15) is 335 Å². The number of ether oxygens (including phenoxy) is 2. The van der Waals surface area contributed by atoms with E-state index in [1.807, 2.05) is 21.1 Å². The largest absolute Gasteiger partial charge is 0.756 e. The van der Waals surface area contributed by atoms with E-state index in [9.17, 15) is 19.0 Å². The van der Waals surface area contributed by atoms with Crippen molar-refractivity contribution in [1.82, 2.24) is 0 Å². The lowest BCUT2D eigenvalue weighted by molar-refractivity contribution is -0.870. The molecule has 480 valence electrons. The summed E-state index contributed by atoms with van der Waals surface area (Å²) >= 11 is 0. The van der Waals surface area contributed by atoms with Crippen molar-refractivity contribution in [1.29, 1.82) is 0 Å². The van der Waals surface area contributed by atoms with Crippen LogP contribution in [0.15, 0.2) is 60.8 Å². The number of nitrogens with zero attached hydrogens (tertiary/aromatic N) is 1. The highest BCUT2D eigenvalue weighted by Crippen LogP contribution is 2.38. The number of phosphoric ester groups is 1. The van der Waals surface area contributed by atoms with E-state index in [1.165, 1.54) is 238 Å². The Balaban J connectivity index is 3.89. The summed E-state index contributed by atoms with van der Waals surface area (Å²) < 4.78 is 34.2. The number of allylic oxidation sites excluding steroid dienone is 10. The van der Waals surface area contributed by atoms with Gasteiger partial charge in [-0.2, -0.15) is 0 Å². The maximum absolute atomic E-state index is 12.8. The second kappa shape index (κ2) is 63.2. The van der Waals surface area contributed by atoms with Crippen molar-refractivity contribution in [2.45, 2.75) is 341 Å². The van der Waals surface area contributed by atoms with Gasteiger partial charge in [-0.25, -0.2) is 0 Å². The summed E-state index contributed by atoms with van der Waals surface area (Å²) in [5.41, 5.74) is 0. The first-order valence-electron chi connectivity index (χ1n) is 35.0. The molecular weight excluding hydrogens is 1040 g/mol. The molecule has 0 aliphatic heterocycles. The maximum Gasteiger partial charge on any atom is 0.306 e. The SMILES string of the molecule is CCCCC/C=C\C/C=C\CCCCCCCCCC(=O)OCC(COP(=O)([O-])OCC[N+](C)(C)C)OC(=O)CCCCCCCCCCCCCCCCCCCCCCCCCCCC/C=C\C/C=C\C/C=C\CCCCCCC. The van der Waals surface area contributed by atoms with E-state index < -0.39 is 26.5 Å². The number of esters is 2. The number of quaternary nitrogens is 1. The van der Waals surface area contributed by atoms with Gasteiger partial charge in [0.25, 0.3) is 7.82 Å². The van der Waals surface area contributed by atoms with Gasteiger partial charge in [0.05, 0.1) is 27.7 Å². The molecule has 0 aromatic carbocycles. The molecule has 0 N–H and O–H groups in total. The molecule has 0 radical (unpaired) electrons. The smallest absolute Gasteiger partial charge is 0.306 e. The zero-order chi connectivity index (χ0) is 59.8. The van der Waals surface area contributed by atoms with Gasteiger partial charge in [-0.1, -0.05) is 299 Å². The Morgan fingerprint density at radius 1 is 0.378 bits per heavy atom. The first-order valence-corrected chi connectivity index (χ1v) is 36.5. The van der Waals surface area contributed by atoms with Crippen molar-refractivity contribution in [2.75, 3.05) is 47.5 Å². The summed E-state index contributed by atoms with van der Waals surface area (Å²) in [6.45, 7) is 4.23. The lowest BCUT2D eigenvalue weighted by atomic mass is 10.0. The van der Waals surface area contributed by atoms with Crippen molar-refractivity contribution in [2.24, 2.45) is 0 Å². The normalized spacial score (nSPS) is 13.5. The molecule has 0 saturated carbocycles. The van der Waals surface area contributed by atoms with Crippen LogP contribution in [0.3, 0.4) is 0 Å². The van der Waals surface area contributed by atoms with Gasteiger partial charge < -0.3 is 27.9 Å². The summed E-state index contributed by atoms with van der Waals surface area (Å²) in [6.07, 6.45) is 83.2. The third-order valence-electron chi connectivity index (χ3n) is 15.5. The first kappa shape index (κ1) is 79.7. The molecule has 9 nitrogen and oxygen atoms in total. The molecule has 0 aromatic heterocycles. The predicted molar refractivity (Wildman–Crippen MR) is 351 cm³/mol. The average Bonchev–Trinajstić information content (AvgIpc) is 3.44. The van der Waals surface area contributed by atoms with Crippen LogP contribution in [-0.2, 0) is 32.7 Å². The van der Waals surface area contributed by atoms with E-state index >= 15 is 0 Å². The van der Waals surface area contributed by atoms with Crippen LogP contribution < -0.4 is 4.89 Å². The molecule has 2 atom stereocenters. The Bertz CT molecular complexity index is 1570. The Morgan fingerprint density at radius 3 is 1.00 bits per heavy atom. The standard InChI is InChI=1S/C72H134NO8P/c1-6-8-10-12-14-16-18-20-22-24-25-26-27-28-29-30-31-32-33-34-35-36-37-38-39-40-41-42-43-44-45-46-47-49-51-53-55-57-59-61-63-65-72(75)81-70(69-80-82(76,77)79-67-66-73(3,4)5)68-78-71(74)64-62-60-58-56-54-52-50-48-23-21-19-17-15-13-11-9-7-2/h15,17-18,20-21,23-25,27-28,70H,6-14,16,19,22,26,29-69H2,1-5H3/b17-15-,20-18-,23-21-,25-24-,28-27-. The molecule has 82 heavy (non-hydrogen) atoms. The van der Waals surface area contributed by atoms with Gasteiger partial charge in [-0.3, -0.25) is 14.2 Å². The van der Waals surface area contributed by atoms with Gasteiger partial charge in [0.2, 0.25) is 0 Å². The van der Waals surface area contributed by atoms with Gasteiger partial charge in [-0.15, -0.1) is 0 Å². The highest BCUT2D eigenvalue weighted by molar-refractivity contribution is 7.45. The Hall–Kier alpha value is -2.29. The quantitative estimate of drug-likeness (QED) is 0.0195. The van der Waals surface area contributed by atoms with E-state index in [0.717, 1.165) is 64.2 Å². The number of hydrogen-bond donors (Lipinski definition) is 0. The highest BCUT2D eigenvalue weighted by Gasteiger charge is 2.22. The topological polar surface area (TPSA) is 111 Å². The average molecular weight is 1170 g/mol. The summed E-state index contributed by atoms with van der Waals surface area (Å²) in [5, 5.41) is 0. The van der Waals surface area contributed by atoms with Crippen LogP contribution in [0.2, 0.25) is 0 Å². The third kappa shape index (κ3) is 66.8. The summed E-state index contributed by atoms with van der Waals surface area (Å²) in [7, 11) is 1.17. The van der Waals surface area contributed by atoms with Crippen molar-refractivity contribution < 1.29 is 42.1 Å². The van der Waals surface area contributed by atoms with Gasteiger partial charge in [0.1, 0.15) is 19.8 Å². The van der Waals surface area contributed by atoms with Crippen molar-refractivity contribution in [3.8, 4) is 0 Å². The minimum Gasteiger partial charge on any atom is -0.756 e. The van der Waals surface area contributed by atoms with Crippen LogP contribution in [0.25, 0.3) is 0 Å². The molecular formula is C72H134NO8P. The molecule has 0 saturated heterocycles. The van der Waals surface area contributed by atoms with Crippen LogP contribution in [0.4, 0.5) is 0 Å².